The number of aromatic nitrogens is 3. The number of pyridine rings is 1. The molecule has 0 spiro atoms. The first-order valence-electron chi connectivity index (χ1n) is 7.54. The number of hydrogen-bond donors (Lipinski definition) is 1. The quantitative estimate of drug-likeness (QED) is 0.811. The molecule has 21 heavy (non-hydrogen) atoms. The molecule has 0 aliphatic heterocycles. The third kappa shape index (κ3) is 3.61. The van der Waals surface area contributed by atoms with Crippen LogP contribution in [0.1, 0.15) is 44.0 Å². The molecule has 1 N–H and O–H groups in total. The maximum absolute atomic E-state index is 5.51. The molecule has 0 saturated carbocycles. The lowest BCUT2D eigenvalue weighted by atomic mass is 10.0. The highest BCUT2D eigenvalue weighted by molar-refractivity contribution is 5.35. The van der Waals surface area contributed by atoms with Gasteiger partial charge in [-0.25, -0.2) is 0 Å². The molecular weight excluding hydrogens is 264 g/mol. The molecule has 2 aromatic heterocycles. The zero-order valence-electron chi connectivity index (χ0n) is 13.0. The van der Waals surface area contributed by atoms with Gasteiger partial charge in [0.15, 0.2) is 5.75 Å². The van der Waals surface area contributed by atoms with Crippen LogP contribution in [0.4, 0.5) is 0 Å². The summed E-state index contributed by atoms with van der Waals surface area (Å²) < 4.78 is 7.54. The maximum Gasteiger partial charge on any atom is 0.161 e. The summed E-state index contributed by atoms with van der Waals surface area (Å²) in [4.78, 5) is 4.24. The lowest BCUT2D eigenvalue weighted by Crippen LogP contribution is -2.26. The fourth-order valence-corrected chi connectivity index (χ4v) is 2.42. The third-order valence-electron chi connectivity index (χ3n) is 3.39. The molecule has 0 fully saturated rings. The van der Waals surface area contributed by atoms with Gasteiger partial charge < -0.3 is 10.1 Å². The molecule has 0 aromatic carbocycles. The van der Waals surface area contributed by atoms with Crippen molar-refractivity contribution in [3.63, 3.8) is 0 Å². The van der Waals surface area contributed by atoms with Crippen molar-refractivity contribution < 1.29 is 4.74 Å². The summed E-state index contributed by atoms with van der Waals surface area (Å²) in [5.74, 6) is 0.820. The van der Waals surface area contributed by atoms with Gasteiger partial charge in [0.05, 0.1) is 19.3 Å². The van der Waals surface area contributed by atoms with Crippen LogP contribution >= 0.6 is 0 Å². The van der Waals surface area contributed by atoms with Crippen molar-refractivity contribution in [2.45, 2.75) is 39.3 Å². The molecule has 0 aliphatic rings. The summed E-state index contributed by atoms with van der Waals surface area (Å²) in [5.41, 5.74) is 2.20. The van der Waals surface area contributed by atoms with E-state index < -0.39 is 0 Å². The second-order valence-electron chi connectivity index (χ2n) is 4.99. The Labute approximate surface area is 126 Å². The molecule has 0 radical (unpaired) electrons. The van der Waals surface area contributed by atoms with Crippen LogP contribution in [0.15, 0.2) is 30.7 Å². The number of methoxy groups -OCH3 is 1. The van der Waals surface area contributed by atoms with Crippen molar-refractivity contribution in [3.05, 3.63) is 42.0 Å². The normalized spacial score (nSPS) is 12.3. The zero-order chi connectivity index (χ0) is 15.1. The Hall–Kier alpha value is -1.88. The number of nitrogens with one attached hydrogen (secondary N) is 1. The van der Waals surface area contributed by atoms with Crippen LogP contribution < -0.4 is 10.1 Å². The maximum atomic E-state index is 5.51. The van der Waals surface area contributed by atoms with Crippen molar-refractivity contribution in [2.75, 3.05) is 13.7 Å². The van der Waals surface area contributed by atoms with Crippen molar-refractivity contribution in [2.24, 2.45) is 0 Å². The Bertz CT molecular complexity index is 538. The summed E-state index contributed by atoms with van der Waals surface area (Å²) in [5, 5.41) is 8.04. The molecule has 0 saturated heterocycles. The molecule has 2 aromatic rings. The van der Waals surface area contributed by atoms with E-state index in [2.05, 4.69) is 35.3 Å². The highest BCUT2D eigenvalue weighted by Gasteiger charge is 2.23. The Morgan fingerprint density at radius 1 is 1.29 bits per heavy atom. The first-order chi connectivity index (χ1) is 10.3. The molecule has 5 heteroatoms. The summed E-state index contributed by atoms with van der Waals surface area (Å²) in [6, 6.07) is 4.09. The predicted octanol–water partition coefficient (Wildman–Crippen LogP) is 2.79. The number of hydrogen-bond acceptors (Lipinski definition) is 4. The van der Waals surface area contributed by atoms with Crippen LogP contribution in [-0.4, -0.2) is 28.4 Å². The van der Waals surface area contributed by atoms with Gasteiger partial charge in [-0.2, -0.15) is 5.10 Å². The fraction of sp³-hybridized carbons (Fsp3) is 0.500. The van der Waals surface area contributed by atoms with E-state index in [1.165, 1.54) is 0 Å². The van der Waals surface area contributed by atoms with Gasteiger partial charge in [-0.05, 0) is 31.0 Å². The van der Waals surface area contributed by atoms with E-state index in [4.69, 9.17) is 4.74 Å². The largest absolute Gasteiger partial charge is 0.493 e. The number of rotatable bonds is 8. The highest BCUT2D eigenvalue weighted by atomic mass is 16.5. The smallest absolute Gasteiger partial charge is 0.161 e. The van der Waals surface area contributed by atoms with E-state index in [9.17, 15) is 0 Å². The van der Waals surface area contributed by atoms with Gasteiger partial charge >= 0.3 is 0 Å². The van der Waals surface area contributed by atoms with Crippen LogP contribution in [0.2, 0.25) is 0 Å². The second-order valence-corrected chi connectivity index (χ2v) is 4.99. The first-order valence-corrected chi connectivity index (χ1v) is 7.54. The molecule has 5 nitrogen and oxygen atoms in total. The molecule has 2 rings (SSSR count). The Morgan fingerprint density at radius 3 is 2.76 bits per heavy atom. The summed E-state index contributed by atoms with van der Waals surface area (Å²) >= 11 is 0. The summed E-state index contributed by atoms with van der Waals surface area (Å²) in [6.07, 6.45) is 7.59. The summed E-state index contributed by atoms with van der Waals surface area (Å²) in [7, 11) is 1.69. The fourth-order valence-electron chi connectivity index (χ4n) is 2.42. The Kier molecular flexibility index (Phi) is 5.75. The molecule has 1 atom stereocenters. The SMILES string of the molecule is CCCNC(c1cccnc1)c1c(OC)cnn1CCC. The van der Waals surface area contributed by atoms with E-state index in [0.717, 1.165) is 42.9 Å². The Balaban J connectivity index is 2.42. The number of nitrogens with zero attached hydrogens (tertiary/aromatic N) is 3. The van der Waals surface area contributed by atoms with Gasteiger partial charge in [0.25, 0.3) is 0 Å². The number of aryl methyl sites for hydroxylation is 1. The van der Waals surface area contributed by atoms with E-state index in [1.54, 1.807) is 19.5 Å². The van der Waals surface area contributed by atoms with Crippen molar-refractivity contribution in [1.82, 2.24) is 20.1 Å². The van der Waals surface area contributed by atoms with Crippen LogP contribution in [-0.2, 0) is 6.54 Å². The van der Waals surface area contributed by atoms with Gasteiger partial charge in [0.1, 0.15) is 5.69 Å². The zero-order valence-corrected chi connectivity index (χ0v) is 13.0. The van der Waals surface area contributed by atoms with Gasteiger partial charge in [0.2, 0.25) is 0 Å². The first kappa shape index (κ1) is 15.5. The number of ether oxygens (including phenoxy) is 1. The van der Waals surface area contributed by atoms with E-state index in [1.807, 2.05) is 16.9 Å². The van der Waals surface area contributed by atoms with E-state index in [0.29, 0.717) is 0 Å². The topological polar surface area (TPSA) is 52.0 Å². The molecule has 0 aliphatic carbocycles. The molecule has 0 bridgehead atoms. The van der Waals surface area contributed by atoms with Gasteiger partial charge in [-0.1, -0.05) is 19.9 Å². The van der Waals surface area contributed by atoms with Crippen LogP contribution in [0, 0.1) is 0 Å². The Morgan fingerprint density at radius 2 is 2.14 bits per heavy atom. The average Bonchev–Trinajstić information content (AvgIpc) is 2.92. The molecule has 2 heterocycles. The van der Waals surface area contributed by atoms with E-state index >= 15 is 0 Å². The minimum Gasteiger partial charge on any atom is -0.493 e. The van der Waals surface area contributed by atoms with Crippen LogP contribution in [0.5, 0.6) is 5.75 Å². The van der Waals surface area contributed by atoms with Gasteiger partial charge in [0, 0.05) is 18.9 Å². The van der Waals surface area contributed by atoms with Gasteiger partial charge in [-0.15, -0.1) is 0 Å². The lowest BCUT2D eigenvalue weighted by molar-refractivity contribution is 0.397. The summed E-state index contributed by atoms with van der Waals surface area (Å²) in [6.45, 7) is 6.12. The predicted molar refractivity (Wildman–Crippen MR) is 83.4 cm³/mol. The minimum atomic E-state index is 0.0441. The molecular formula is C16H24N4O. The average molecular weight is 288 g/mol. The molecule has 0 amide bonds. The monoisotopic (exact) mass is 288 g/mol. The minimum absolute atomic E-state index is 0.0441. The van der Waals surface area contributed by atoms with Crippen LogP contribution in [0.3, 0.4) is 0 Å². The van der Waals surface area contributed by atoms with Crippen molar-refractivity contribution in [3.8, 4) is 5.75 Å². The van der Waals surface area contributed by atoms with Crippen molar-refractivity contribution >= 4 is 0 Å². The van der Waals surface area contributed by atoms with Crippen molar-refractivity contribution in [1.29, 1.82) is 0 Å². The molecule has 1 unspecified atom stereocenters. The lowest BCUT2D eigenvalue weighted by Gasteiger charge is -2.21. The van der Waals surface area contributed by atoms with Gasteiger partial charge in [-0.3, -0.25) is 9.67 Å². The third-order valence-corrected chi connectivity index (χ3v) is 3.39. The molecule has 114 valence electrons. The van der Waals surface area contributed by atoms with E-state index in [-0.39, 0.29) is 6.04 Å². The standard InChI is InChI=1S/C16H24N4O/c1-4-8-18-15(13-7-6-9-17-11-13)16-14(21-3)12-19-20(16)10-5-2/h6-7,9,11-12,15,18H,4-5,8,10H2,1-3H3. The second kappa shape index (κ2) is 7.78. The van der Waals surface area contributed by atoms with Crippen LogP contribution in [0.25, 0.3) is 0 Å². The highest BCUT2D eigenvalue weighted by Crippen LogP contribution is 2.29.